The van der Waals surface area contributed by atoms with Crippen LogP contribution in [0.15, 0.2) is 69.0 Å². The molecule has 0 saturated heterocycles. The molecule has 6 nitrogen and oxygen atoms in total. The van der Waals surface area contributed by atoms with Gasteiger partial charge in [0.05, 0.1) is 0 Å². The van der Waals surface area contributed by atoms with Gasteiger partial charge in [-0.2, -0.15) is 13.5 Å². The molecule has 9 heteroatoms. The molecule has 0 aromatic heterocycles. The number of allylic oxidation sites excluding steroid dienone is 1. The molecule has 3 rings (SSSR count). The molecule has 0 saturated carbocycles. The molecule has 0 unspecified atom stereocenters. The molecule has 0 spiro atoms. The van der Waals surface area contributed by atoms with Crippen molar-refractivity contribution < 1.29 is 8.42 Å². The van der Waals surface area contributed by atoms with Crippen LogP contribution in [0.4, 0.5) is 5.69 Å². The van der Waals surface area contributed by atoms with Crippen molar-refractivity contribution in [2.24, 2.45) is 9.50 Å². The highest BCUT2D eigenvalue weighted by molar-refractivity contribution is 7.90. The van der Waals surface area contributed by atoms with E-state index in [4.69, 9.17) is 0 Å². The van der Waals surface area contributed by atoms with Crippen LogP contribution in [0.2, 0.25) is 0 Å². The van der Waals surface area contributed by atoms with Crippen molar-refractivity contribution in [1.29, 1.82) is 0 Å². The van der Waals surface area contributed by atoms with Crippen LogP contribution in [0.5, 0.6) is 0 Å². The molecule has 28 heavy (non-hydrogen) atoms. The maximum Gasteiger partial charge on any atom is 0.285 e. The minimum absolute atomic E-state index is 0. The Bertz CT molecular complexity index is 1000. The van der Waals surface area contributed by atoms with Crippen molar-refractivity contribution in [3.8, 4) is 0 Å². The average molecular weight is 441 g/mol. The number of sulfonamides is 1. The second-order valence-corrected chi connectivity index (χ2v) is 7.59. The van der Waals surface area contributed by atoms with E-state index in [-0.39, 0.29) is 29.7 Å². The first kappa shape index (κ1) is 23.7. The predicted octanol–water partition coefficient (Wildman–Crippen LogP) is 3.68. The normalized spacial score (nSPS) is 14.2. The Kier molecular flexibility index (Phi) is 8.23. The van der Waals surface area contributed by atoms with Crippen LogP contribution in [0.1, 0.15) is 11.1 Å². The van der Waals surface area contributed by atoms with Gasteiger partial charge in [0.15, 0.2) is 5.84 Å². The third-order valence-electron chi connectivity index (χ3n) is 3.94. The Morgan fingerprint density at radius 1 is 0.964 bits per heavy atom. The third-order valence-corrected chi connectivity index (χ3v) is 5.27. The summed E-state index contributed by atoms with van der Waals surface area (Å²) in [6, 6.07) is 14.9. The number of hydrazone groups is 1. The quantitative estimate of drug-likeness (QED) is 0.537. The van der Waals surface area contributed by atoms with Crippen LogP contribution < -0.4 is 4.90 Å². The van der Waals surface area contributed by atoms with Crippen LogP contribution >= 0.6 is 24.8 Å². The SMILES string of the molecule is CN(N=CC=Cc1ccc(N(C)C)cc1)C1=NS(=O)(=O)c2ccccc21.Cl.Cl. The number of benzene rings is 2. The van der Waals surface area contributed by atoms with E-state index in [1.165, 1.54) is 5.01 Å². The lowest BCUT2D eigenvalue weighted by molar-refractivity contribution is 0.549. The zero-order valence-corrected chi connectivity index (χ0v) is 18.1. The van der Waals surface area contributed by atoms with E-state index in [1.807, 2.05) is 49.3 Å². The van der Waals surface area contributed by atoms with Gasteiger partial charge in [0.2, 0.25) is 0 Å². The lowest BCUT2D eigenvalue weighted by Crippen LogP contribution is -2.20. The number of amidine groups is 1. The van der Waals surface area contributed by atoms with E-state index in [1.54, 1.807) is 43.6 Å². The van der Waals surface area contributed by atoms with Crippen LogP contribution in [0, 0.1) is 0 Å². The van der Waals surface area contributed by atoms with E-state index < -0.39 is 10.0 Å². The molecule has 0 aliphatic carbocycles. The van der Waals surface area contributed by atoms with Gasteiger partial charge in [0.1, 0.15) is 4.90 Å². The molecule has 0 bridgehead atoms. The van der Waals surface area contributed by atoms with Gasteiger partial charge in [0.25, 0.3) is 10.0 Å². The van der Waals surface area contributed by atoms with E-state index in [9.17, 15) is 8.42 Å². The summed E-state index contributed by atoms with van der Waals surface area (Å²) in [5, 5.41) is 5.71. The fourth-order valence-corrected chi connectivity index (χ4v) is 3.78. The van der Waals surface area contributed by atoms with Gasteiger partial charge < -0.3 is 4.90 Å². The lowest BCUT2D eigenvalue weighted by atomic mass is 10.2. The largest absolute Gasteiger partial charge is 0.378 e. The number of fused-ring (bicyclic) bond motifs is 1. The summed E-state index contributed by atoms with van der Waals surface area (Å²) < 4.78 is 28.0. The van der Waals surface area contributed by atoms with Gasteiger partial charge in [-0.25, -0.2) is 5.01 Å². The zero-order chi connectivity index (χ0) is 18.7. The second kappa shape index (κ2) is 9.73. The molecule has 0 amide bonds. The smallest absolute Gasteiger partial charge is 0.285 e. The molecular weight excluding hydrogens is 419 g/mol. The Morgan fingerprint density at radius 3 is 2.25 bits per heavy atom. The first-order valence-corrected chi connectivity index (χ1v) is 9.48. The highest BCUT2D eigenvalue weighted by Crippen LogP contribution is 2.26. The Hall–Kier alpha value is -2.35. The van der Waals surface area contributed by atoms with E-state index >= 15 is 0 Å². The molecule has 1 heterocycles. The summed E-state index contributed by atoms with van der Waals surface area (Å²) in [7, 11) is 2.03. The van der Waals surface area contributed by atoms with Gasteiger partial charge in [-0.05, 0) is 35.9 Å². The minimum atomic E-state index is -3.63. The molecule has 1 aliphatic rings. The number of anilines is 1. The lowest BCUT2D eigenvalue weighted by Gasteiger charge is -2.12. The Labute approximate surface area is 178 Å². The topological polar surface area (TPSA) is 65.3 Å². The monoisotopic (exact) mass is 440 g/mol. The Morgan fingerprint density at radius 2 is 1.61 bits per heavy atom. The molecule has 0 N–H and O–H groups in total. The molecule has 2 aromatic carbocycles. The van der Waals surface area contributed by atoms with E-state index in [0.29, 0.717) is 11.4 Å². The van der Waals surface area contributed by atoms with Crippen molar-refractivity contribution in [3.05, 3.63) is 65.7 Å². The van der Waals surface area contributed by atoms with Gasteiger partial charge in [0, 0.05) is 38.6 Å². The number of hydrogen-bond acceptors (Lipinski definition) is 5. The number of nitrogens with zero attached hydrogens (tertiary/aromatic N) is 4. The van der Waals surface area contributed by atoms with Crippen molar-refractivity contribution in [3.63, 3.8) is 0 Å². The summed E-state index contributed by atoms with van der Waals surface area (Å²) in [5.41, 5.74) is 2.75. The van der Waals surface area contributed by atoms with E-state index in [2.05, 4.69) is 9.50 Å². The highest BCUT2D eigenvalue weighted by Gasteiger charge is 2.30. The molecular formula is C19H22Cl2N4O2S. The van der Waals surface area contributed by atoms with Gasteiger partial charge in [-0.1, -0.05) is 30.3 Å². The molecule has 0 atom stereocenters. The van der Waals surface area contributed by atoms with Gasteiger partial charge in [-0.15, -0.1) is 29.2 Å². The third kappa shape index (κ3) is 5.13. The zero-order valence-electron chi connectivity index (χ0n) is 15.7. The molecule has 1 aliphatic heterocycles. The number of rotatable bonds is 4. The van der Waals surface area contributed by atoms with Crippen molar-refractivity contribution >= 4 is 58.7 Å². The first-order valence-electron chi connectivity index (χ1n) is 8.04. The first-order chi connectivity index (χ1) is 12.4. The summed E-state index contributed by atoms with van der Waals surface area (Å²) >= 11 is 0. The van der Waals surface area contributed by atoms with Crippen LogP contribution in [0.25, 0.3) is 6.08 Å². The van der Waals surface area contributed by atoms with E-state index in [0.717, 1.165) is 11.3 Å². The summed E-state index contributed by atoms with van der Waals surface area (Å²) in [6.45, 7) is 0. The number of hydrogen-bond donors (Lipinski definition) is 0. The summed E-state index contributed by atoms with van der Waals surface area (Å²) in [5.74, 6) is 0.320. The fourth-order valence-electron chi connectivity index (χ4n) is 2.55. The average Bonchev–Trinajstić information content (AvgIpc) is 2.91. The fraction of sp³-hybridized carbons (Fsp3) is 0.158. The van der Waals surface area contributed by atoms with Crippen molar-refractivity contribution in [1.82, 2.24) is 5.01 Å². The molecule has 150 valence electrons. The molecule has 0 fully saturated rings. The van der Waals surface area contributed by atoms with Gasteiger partial charge in [-0.3, -0.25) is 0 Å². The van der Waals surface area contributed by atoms with Crippen molar-refractivity contribution in [2.45, 2.75) is 4.90 Å². The van der Waals surface area contributed by atoms with Crippen LogP contribution in [0.3, 0.4) is 0 Å². The summed E-state index contributed by atoms with van der Waals surface area (Å²) in [6.07, 6.45) is 5.34. The molecule has 0 radical (unpaired) electrons. The maximum absolute atomic E-state index is 12.1. The Balaban J connectivity index is 0.00000196. The maximum atomic E-state index is 12.1. The van der Waals surface area contributed by atoms with Crippen LogP contribution in [-0.4, -0.2) is 46.6 Å². The second-order valence-electron chi connectivity index (χ2n) is 6.02. The van der Waals surface area contributed by atoms with Crippen molar-refractivity contribution in [2.75, 3.05) is 26.0 Å². The number of halogens is 2. The standard InChI is InChI=1S/C19H20N4O2S.2ClH/c1-22(2)16-12-10-15(11-13-16)7-6-14-20-23(3)19-17-8-4-5-9-18(17)26(24,25)21-19;;/h4-14H,1-3H3;2*1H. The predicted molar refractivity (Wildman–Crippen MR) is 121 cm³/mol. The van der Waals surface area contributed by atoms with Crippen LogP contribution in [-0.2, 0) is 10.0 Å². The minimum Gasteiger partial charge on any atom is -0.378 e. The molecule has 2 aromatic rings. The van der Waals surface area contributed by atoms with Gasteiger partial charge >= 0.3 is 0 Å². The highest BCUT2D eigenvalue weighted by atomic mass is 35.5. The summed E-state index contributed by atoms with van der Waals surface area (Å²) in [4.78, 5) is 2.26.